The zero-order valence-electron chi connectivity index (χ0n) is 15.7. The molecular weight excluding hydrogens is 336 g/mol. The van der Waals surface area contributed by atoms with Gasteiger partial charge in [-0.05, 0) is 17.8 Å². The molecule has 1 aromatic heterocycles. The third kappa shape index (κ3) is 3.19. The van der Waals surface area contributed by atoms with E-state index in [1.165, 1.54) is 11.3 Å². The normalized spacial score (nSPS) is 28.3. The van der Waals surface area contributed by atoms with Gasteiger partial charge in [0.1, 0.15) is 0 Å². The molecule has 3 rings (SSSR count). The van der Waals surface area contributed by atoms with Crippen LogP contribution in [0.25, 0.3) is 0 Å². The van der Waals surface area contributed by atoms with Gasteiger partial charge in [0, 0.05) is 23.9 Å². The lowest BCUT2D eigenvalue weighted by molar-refractivity contribution is -0.148. The number of amides is 2. The lowest BCUT2D eigenvalue weighted by atomic mass is 9.48. The number of nitrogens with zero attached hydrogens (tertiary/aromatic N) is 2. The van der Waals surface area contributed by atoms with E-state index in [0.29, 0.717) is 11.7 Å². The van der Waals surface area contributed by atoms with Gasteiger partial charge in [-0.25, -0.2) is 4.98 Å². The number of hydrogen-bond acceptors (Lipinski definition) is 5. The van der Waals surface area contributed by atoms with Crippen molar-refractivity contribution in [2.45, 2.75) is 46.5 Å². The molecule has 2 heterocycles. The van der Waals surface area contributed by atoms with Gasteiger partial charge in [0.05, 0.1) is 17.7 Å². The Morgan fingerprint density at radius 2 is 2.12 bits per heavy atom. The van der Waals surface area contributed by atoms with E-state index in [-0.39, 0.29) is 35.1 Å². The monoisotopic (exact) mass is 364 g/mol. The maximum Gasteiger partial charge on any atom is 0.240 e. The van der Waals surface area contributed by atoms with Crippen LogP contribution in [-0.4, -0.2) is 41.3 Å². The Labute approximate surface area is 153 Å². The molecule has 0 bridgehead atoms. The Kier molecular flexibility index (Phi) is 4.23. The average molecular weight is 365 g/mol. The number of thiazole rings is 1. The number of rotatable bonds is 4. The van der Waals surface area contributed by atoms with Crippen LogP contribution >= 0.6 is 11.3 Å². The van der Waals surface area contributed by atoms with Crippen molar-refractivity contribution in [3.8, 4) is 0 Å². The van der Waals surface area contributed by atoms with Crippen LogP contribution in [0.1, 0.15) is 46.7 Å². The van der Waals surface area contributed by atoms with Gasteiger partial charge in [-0.2, -0.15) is 0 Å². The van der Waals surface area contributed by atoms with Crippen molar-refractivity contribution in [1.29, 1.82) is 0 Å². The fourth-order valence-electron chi connectivity index (χ4n) is 4.48. The summed E-state index contributed by atoms with van der Waals surface area (Å²) in [4.78, 5) is 30.9. The van der Waals surface area contributed by atoms with Crippen LogP contribution in [0.15, 0.2) is 5.38 Å². The third-order valence-corrected chi connectivity index (χ3v) is 6.46. The number of nitrogens with one attached hydrogen (secondary N) is 1. The van der Waals surface area contributed by atoms with Gasteiger partial charge in [-0.3, -0.25) is 14.5 Å². The van der Waals surface area contributed by atoms with Crippen molar-refractivity contribution in [2.24, 2.45) is 22.5 Å². The minimum atomic E-state index is -0.454. The van der Waals surface area contributed by atoms with E-state index >= 15 is 0 Å². The summed E-state index contributed by atoms with van der Waals surface area (Å²) in [5.41, 5.74) is 6.27. The Bertz CT molecular complexity index is 706. The number of primary amides is 1. The zero-order valence-corrected chi connectivity index (χ0v) is 16.5. The van der Waals surface area contributed by atoms with E-state index in [1.807, 2.05) is 5.38 Å². The molecule has 1 saturated carbocycles. The highest BCUT2D eigenvalue weighted by Gasteiger charge is 2.65. The highest BCUT2D eigenvalue weighted by atomic mass is 32.1. The molecule has 2 amide bonds. The molecule has 25 heavy (non-hydrogen) atoms. The summed E-state index contributed by atoms with van der Waals surface area (Å²) in [6.07, 6.45) is 0.805. The van der Waals surface area contributed by atoms with Crippen LogP contribution in [0, 0.1) is 16.7 Å². The van der Waals surface area contributed by atoms with Gasteiger partial charge >= 0.3 is 0 Å². The molecule has 1 saturated heterocycles. The van der Waals surface area contributed by atoms with Crippen molar-refractivity contribution in [3.05, 3.63) is 11.1 Å². The van der Waals surface area contributed by atoms with Crippen molar-refractivity contribution >= 4 is 28.3 Å². The van der Waals surface area contributed by atoms with E-state index in [4.69, 9.17) is 5.73 Å². The van der Waals surface area contributed by atoms with Gasteiger partial charge in [0.15, 0.2) is 5.13 Å². The molecule has 0 unspecified atom stereocenters. The number of aromatic nitrogens is 1. The molecular formula is C18H28N4O2S. The van der Waals surface area contributed by atoms with E-state index in [0.717, 1.165) is 18.7 Å². The number of carbonyl (C=O) groups is 2. The quantitative estimate of drug-likeness (QED) is 0.857. The molecule has 1 aliphatic heterocycles. The maximum absolute atomic E-state index is 12.4. The van der Waals surface area contributed by atoms with Gasteiger partial charge in [0.25, 0.3) is 0 Å². The van der Waals surface area contributed by atoms with E-state index in [2.05, 4.69) is 49.8 Å². The summed E-state index contributed by atoms with van der Waals surface area (Å²) in [5, 5.41) is 5.49. The molecule has 2 atom stereocenters. The van der Waals surface area contributed by atoms with Crippen LogP contribution in [-0.2, 0) is 15.0 Å². The first-order valence-corrected chi connectivity index (χ1v) is 9.60. The summed E-state index contributed by atoms with van der Waals surface area (Å²) >= 11 is 1.44. The smallest absolute Gasteiger partial charge is 0.240 e. The van der Waals surface area contributed by atoms with Crippen LogP contribution in [0.4, 0.5) is 5.13 Å². The SMILES string of the molecule is CC(C)(C)c1csc(NC(=O)CN2C[C@@H]3C(C)(C)C[C@]3(C(N)=O)C2)n1. The lowest BCUT2D eigenvalue weighted by Gasteiger charge is -2.54. The van der Waals surface area contributed by atoms with Gasteiger partial charge < -0.3 is 11.1 Å². The summed E-state index contributed by atoms with van der Waals surface area (Å²) in [5.74, 6) is -0.0827. The van der Waals surface area contributed by atoms with E-state index < -0.39 is 5.41 Å². The topological polar surface area (TPSA) is 88.3 Å². The van der Waals surface area contributed by atoms with Gasteiger partial charge in [0.2, 0.25) is 11.8 Å². The van der Waals surface area contributed by atoms with Crippen LogP contribution in [0.5, 0.6) is 0 Å². The zero-order chi connectivity index (χ0) is 18.6. The van der Waals surface area contributed by atoms with Crippen molar-refractivity contribution in [1.82, 2.24) is 9.88 Å². The second-order valence-corrected chi connectivity index (χ2v) is 10.1. The number of nitrogens with two attached hydrogens (primary N) is 1. The summed E-state index contributed by atoms with van der Waals surface area (Å²) < 4.78 is 0. The number of carbonyl (C=O) groups excluding carboxylic acids is 2. The Hall–Kier alpha value is -1.47. The Morgan fingerprint density at radius 3 is 2.60 bits per heavy atom. The molecule has 0 radical (unpaired) electrons. The first-order chi connectivity index (χ1) is 11.4. The molecule has 2 aliphatic rings. The summed E-state index contributed by atoms with van der Waals surface area (Å²) in [7, 11) is 0. The number of anilines is 1. The van der Waals surface area contributed by atoms with Gasteiger partial charge in [-0.15, -0.1) is 11.3 Å². The molecule has 138 valence electrons. The van der Waals surface area contributed by atoms with Gasteiger partial charge in [-0.1, -0.05) is 34.6 Å². The first-order valence-electron chi connectivity index (χ1n) is 8.72. The predicted molar refractivity (Wildman–Crippen MR) is 99.4 cm³/mol. The number of hydrogen-bond donors (Lipinski definition) is 2. The fraction of sp³-hybridized carbons (Fsp3) is 0.722. The van der Waals surface area contributed by atoms with E-state index in [1.54, 1.807) is 0 Å². The Morgan fingerprint density at radius 1 is 1.44 bits per heavy atom. The Balaban J connectivity index is 1.61. The van der Waals surface area contributed by atoms with Crippen LogP contribution in [0.2, 0.25) is 0 Å². The maximum atomic E-state index is 12.4. The second-order valence-electron chi connectivity index (χ2n) is 9.24. The number of likely N-dealkylation sites (tertiary alicyclic amines) is 1. The first kappa shape index (κ1) is 18.3. The third-order valence-electron chi connectivity index (χ3n) is 5.70. The molecule has 2 fully saturated rings. The minimum Gasteiger partial charge on any atom is -0.369 e. The molecule has 1 aromatic rings. The molecule has 1 aliphatic carbocycles. The fourth-order valence-corrected chi connectivity index (χ4v) is 5.43. The standard InChI is InChI=1S/C18H28N4O2S/c1-16(2,3)12-8-25-15(20-12)21-13(23)7-22-6-11-17(4,5)9-18(11,10-22)14(19)24/h8,11H,6-7,9-10H2,1-5H3,(H2,19,24)(H,20,21,23)/t11-,18+/m1/s1. The summed E-state index contributed by atoms with van der Waals surface area (Å²) in [6.45, 7) is 12.2. The van der Waals surface area contributed by atoms with Crippen LogP contribution < -0.4 is 11.1 Å². The predicted octanol–water partition coefficient (Wildman–Crippen LogP) is 2.21. The average Bonchev–Trinajstić information content (AvgIpc) is 3.02. The second kappa shape index (κ2) is 5.77. The number of fused-ring (bicyclic) bond motifs is 1. The molecule has 3 N–H and O–H groups in total. The largest absolute Gasteiger partial charge is 0.369 e. The van der Waals surface area contributed by atoms with Crippen molar-refractivity contribution < 1.29 is 9.59 Å². The van der Waals surface area contributed by atoms with Crippen molar-refractivity contribution in [3.63, 3.8) is 0 Å². The molecule has 6 nitrogen and oxygen atoms in total. The summed E-state index contributed by atoms with van der Waals surface area (Å²) in [6, 6.07) is 0. The molecule has 0 aromatic carbocycles. The minimum absolute atomic E-state index is 0.0346. The molecule has 0 spiro atoms. The molecule has 7 heteroatoms. The highest BCUT2D eigenvalue weighted by molar-refractivity contribution is 7.13. The lowest BCUT2D eigenvalue weighted by Crippen LogP contribution is -2.59. The van der Waals surface area contributed by atoms with Crippen LogP contribution in [0.3, 0.4) is 0 Å². The highest BCUT2D eigenvalue weighted by Crippen LogP contribution is 2.62. The van der Waals surface area contributed by atoms with Crippen molar-refractivity contribution in [2.75, 3.05) is 25.0 Å². The van der Waals surface area contributed by atoms with E-state index in [9.17, 15) is 9.59 Å².